The van der Waals surface area contributed by atoms with Gasteiger partial charge in [0.15, 0.2) is 0 Å². The Morgan fingerprint density at radius 2 is 2.35 bits per heavy atom. The zero-order valence-electron chi connectivity index (χ0n) is 10.4. The summed E-state index contributed by atoms with van der Waals surface area (Å²) in [6, 6.07) is 0. The molecule has 0 spiro atoms. The van der Waals surface area contributed by atoms with Gasteiger partial charge in [0.05, 0.1) is 6.10 Å². The van der Waals surface area contributed by atoms with Crippen LogP contribution in [0.1, 0.15) is 39.0 Å². The number of hydrogen-bond acceptors (Lipinski definition) is 3. The van der Waals surface area contributed by atoms with E-state index in [4.69, 9.17) is 0 Å². The summed E-state index contributed by atoms with van der Waals surface area (Å²) in [4.78, 5) is 24.5. The molecule has 0 aromatic carbocycles. The molecule has 17 heavy (non-hydrogen) atoms. The van der Waals surface area contributed by atoms with Crippen LogP contribution in [0.4, 0.5) is 0 Å². The van der Waals surface area contributed by atoms with E-state index in [2.05, 4.69) is 5.32 Å². The standard InChI is InChI=1S/C12H22N2O3/c1-2-4-10(15)9-13-11(16)6-8-14-7-3-5-12(14)17/h10,15H,2-9H2,1H3,(H,13,16). The maximum absolute atomic E-state index is 11.5. The summed E-state index contributed by atoms with van der Waals surface area (Å²) in [5.74, 6) is 0.0451. The Bertz CT molecular complexity index is 268. The van der Waals surface area contributed by atoms with Gasteiger partial charge in [-0.15, -0.1) is 0 Å². The molecule has 0 bridgehead atoms. The van der Waals surface area contributed by atoms with Gasteiger partial charge in [0.1, 0.15) is 0 Å². The summed E-state index contributed by atoms with van der Waals surface area (Å²) in [7, 11) is 0. The van der Waals surface area contributed by atoms with E-state index in [1.165, 1.54) is 0 Å². The van der Waals surface area contributed by atoms with Crippen LogP contribution in [0, 0.1) is 0 Å². The molecule has 0 aliphatic carbocycles. The van der Waals surface area contributed by atoms with Crippen molar-refractivity contribution in [2.24, 2.45) is 0 Å². The molecule has 5 nitrogen and oxygen atoms in total. The normalized spacial score (nSPS) is 17.3. The van der Waals surface area contributed by atoms with Gasteiger partial charge in [0, 0.05) is 32.5 Å². The van der Waals surface area contributed by atoms with Crippen molar-refractivity contribution in [3.05, 3.63) is 0 Å². The molecular weight excluding hydrogens is 220 g/mol. The monoisotopic (exact) mass is 242 g/mol. The Morgan fingerprint density at radius 1 is 1.59 bits per heavy atom. The molecular formula is C12H22N2O3. The fourth-order valence-electron chi connectivity index (χ4n) is 1.93. The zero-order chi connectivity index (χ0) is 12.7. The molecule has 1 heterocycles. The van der Waals surface area contributed by atoms with Crippen molar-refractivity contribution in [3.63, 3.8) is 0 Å². The van der Waals surface area contributed by atoms with Crippen molar-refractivity contribution in [2.75, 3.05) is 19.6 Å². The number of carbonyl (C=O) groups is 2. The van der Waals surface area contributed by atoms with Crippen molar-refractivity contribution in [1.29, 1.82) is 0 Å². The summed E-state index contributed by atoms with van der Waals surface area (Å²) < 4.78 is 0. The fraction of sp³-hybridized carbons (Fsp3) is 0.833. The molecule has 0 saturated carbocycles. The van der Waals surface area contributed by atoms with Crippen LogP contribution in [-0.4, -0.2) is 47.6 Å². The lowest BCUT2D eigenvalue weighted by molar-refractivity contribution is -0.128. The Morgan fingerprint density at radius 3 is 2.94 bits per heavy atom. The number of aliphatic hydroxyl groups excluding tert-OH is 1. The number of carbonyl (C=O) groups excluding carboxylic acids is 2. The van der Waals surface area contributed by atoms with Gasteiger partial charge in [0.25, 0.3) is 0 Å². The molecule has 0 aromatic heterocycles. The molecule has 0 aromatic rings. The molecule has 2 amide bonds. The van der Waals surface area contributed by atoms with Crippen LogP contribution in [0.3, 0.4) is 0 Å². The van der Waals surface area contributed by atoms with E-state index in [9.17, 15) is 14.7 Å². The van der Waals surface area contributed by atoms with Crippen LogP contribution in [0.2, 0.25) is 0 Å². The summed E-state index contributed by atoms with van der Waals surface area (Å²) in [6.45, 7) is 3.56. The fourth-order valence-corrected chi connectivity index (χ4v) is 1.93. The molecule has 1 fully saturated rings. The SMILES string of the molecule is CCCC(O)CNC(=O)CCN1CCCC1=O. The second kappa shape index (κ2) is 7.27. The van der Waals surface area contributed by atoms with Gasteiger partial charge in [-0.3, -0.25) is 9.59 Å². The van der Waals surface area contributed by atoms with Crippen LogP contribution >= 0.6 is 0 Å². The number of amides is 2. The average Bonchev–Trinajstić information content (AvgIpc) is 2.70. The smallest absolute Gasteiger partial charge is 0.222 e. The topological polar surface area (TPSA) is 69.6 Å². The van der Waals surface area contributed by atoms with Gasteiger partial charge < -0.3 is 15.3 Å². The first-order valence-electron chi connectivity index (χ1n) is 6.36. The first kappa shape index (κ1) is 14.0. The van der Waals surface area contributed by atoms with E-state index in [0.717, 1.165) is 19.4 Å². The molecule has 1 saturated heterocycles. The number of hydrogen-bond donors (Lipinski definition) is 2. The van der Waals surface area contributed by atoms with E-state index in [-0.39, 0.29) is 11.8 Å². The second-order valence-corrected chi connectivity index (χ2v) is 4.48. The highest BCUT2D eigenvalue weighted by Gasteiger charge is 2.20. The third-order valence-corrected chi connectivity index (χ3v) is 2.94. The van der Waals surface area contributed by atoms with Gasteiger partial charge >= 0.3 is 0 Å². The Labute approximate surface area is 102 Å². The van der Waals surface area contributed by atoms with Gasteiger partial charge in [-0.2, -0.15) is 0 Å². The van der Waals surface area contributed by atoms with E-state index in [1.54, 1.807) is 4.90 Å². The number of nitrogens with zero attached hydrogens (tertiary/aromatic N) is 1. The predicted octanol–water partition coefficient (Wildman–Crippen LogP) is 0.276. The van der Waals surface area contributed by atoms with E-state index in [0.29, 0.717) is 32.4 Å². The first-order valence-corrected chi connectivity index (χ1v) is 6.36. The molecule has 1 aliphatic heterocycles. The lowest BCUT2D eigenvalue weighted by atomic mass is 10.2. The maximum atomic E-state index is 11.5. The van der Waals surface area contributed by atoms with E-state index in [1.807, 2.05) is 6.92 Å². The highest BCUT2D eigenvalue weighted by Crippen LogP contribution is 2.09. The van der Waals surface area contributed by atoms with E-state index >= 15 is 0 Å². The highest BCUT2D eigenvalue weighted by molar-refractivity contribution is 5.80. The molecule has 1 rings (SSSR count). The van der Waals surface area contributed by atoms with Crippen LogP contribution < -0.4 is 5.32 Å². The molecule has 1 atom stereocenters. The maximum Gasteiger partial charge on any atom is 0.222 e. The van der Waals surface area contributed by atoms with Crippen LogP contribution in [-0.2, 0) is 9.59 Å². The minimum absolute atomic E-state index is 0.0974. The number of aliphatic hydroxyl groups is 1. The van der Waals surface area contributed by atoms with Crippen molar-refractivity contribution in [2.45, 2.75) is 45.1 Å². The molecule has 5 heteroatoms. The third kappa shape index (κ3) is 5.17. The highest BCUT2D eigenvalue weighted by atomic mass is 16.3. The third-order valence-electron chi connectivity index (χ3n) is 2.94. The minimum atomic E-state index is -0.461. The van der Waals surface area contributed by atoms with Gasteiger partial charge in [-0.25, -0.2) is 0 Å². The summed E-state index contributed by atoms with van der Waals surface area (Å²) in [5.41, 5.74) is 0. The summed E-state index contributed by atoms with van der Waals surface area (Å²) >= 11 is 0. The molecule has 2 N–H and O–H groups in total. The van der Waals surface area contributed by atoms with Crippen molar-refractivity contribution < 1.29 is 14.7 Å². The molecule has 1 aliphatic rings. The lowest BCUT2D eigenvalue weighted by Crippen LogP contribution is -2.35. The van der Waals surface area contributed by atoms with Crippen LogP contribution in [0.25, 0.3) is 0 Å². The number of rotatable bonds is 7. The van der Waals surface area contributed by atoms with Crippen molar-refractivity contribution in [1.82, 2.24) is 10.2 Å². The first-order chi connectivity index (χ1) is 8.13. The lowest BCUT2D eigenvalue weighted by Gasteiger charge is -2.15. The quantitative estimate of drug-likeness (QED) is 0.673. The average molecular weight is 242 g/mol. The largest absolute Gasteiger partial charge is 0.391 e. The second-order valence-electron chi connectivity index (χ2n) is 4.48. The summed E-state index contributed by atoms with van der Waals surface area (Å²) in [5, 5.41) is 12.1. The zero-order valence-corrected chi connectivity index (χ0v) is 10.4. The van der Waals surface area contributed by atoms with Crippen molar-refractivity contribution >= 4 is 11.8 Å². The van der Waals surface area contributed by atoms with Crippen LogP contribution in [0.5, 0.6) is 0 Å². The van der Waals surface area contributed by atoms with Crippen molar-refractivity contribution in [3.8, 4) is 0 Å². The molecule has 0 radical (unpaired) electrons. The van der Waals surface area contributed by atoms with E-state index < -0.39 is 6.10 Å². The summed E-state index contributed by atoms with van der Waals surface area (Å²) in [6.07, 6.45) is 2.97. The molecule has 1 unspecified atom stereocenters. The van der Waals surface area contributed by atoms with Gasteiger partial charge in [0.2, 0.25) is 11.8 Å². The van der Waals surface area contributed by atoms with Crippen LogP contribution in [0.15, 0.2) is 0 Å². The molecule has 98 valence electrons. The van der Waals surface area contributed by atoms with Gasteiger partial charge in [-0.05, 0) is 12.8 Å². The minimum Gasteiger partial charge on any atom is -0.391 e. The predicted molar refractivity (Wildman–Crippen MR) is 64.4 cm³/mol. The van der Waals surface area contributed by atoms with Gasteiger partial charge in [-0.1, -0.05) is 13.3 Å². The Hall–Kier alpha value is -1.10. The Kier molecular flexibility index (Phi) is 5.97. The number of nitrogens with one attached hydrogen (secondary N) is 1. The number of likely N-dealkylation sites (tertiary alicyclic amines) is 1. The Balaban J connectivity index is 2.10.